The Bertz CT molecular complexity index is 915. The molecule has 132 valence electrons. The van der Waals surface area contributed by atoms with Crippen LogP contribution in [-0.2, 0) is 6.42 Å². The number of nitrogens with zero attached hydrogens (tertiary/aromatic N) is 1. The van der Waals surface area contributed by atoms with Crippen molar-refractivity contribution in [2.45, 2.75) is 24.8 Å². The second-order valence-electron chi connectivity index (χ2n) is 7.44. The third-order valence-corrected chi connectivity index (χ3v) is 5.57. The molecule has 0 bridgehead atoms. The van der Waals surface area contributed by atoms with Gasteiger partial charge in [-0.2, -0.15) is 0 Å². The third-order valence-electron chi connectivity index (χ3n) is 5.57. The molecule has 0 aliphatic heterocycles. The van der Waals surface area contributed by atoms with E-state index in [1.54, 1.807) is 12.1 Å². The van der Waals surface area contributed by atoms with Gasteiger partial charge in [-0.15, -0.1) is 0 Å². The molecule has 2 atom stereocenters. The maximum Gasteiger partial charge on any atom is 0.123 e. The number of hydrogen-bond donors (Lipinski definition) is 0. The molecule has 0 spiro atoms. The summed E-state index contributed by atoms with van der Waals surface area (Å²) in [6.07, 6.45) is 2.21. The molecule has 1 aliphatic carbocycles. The summed E-state index contributed by atoms with van der Waals surface area (Å²) in [5, 5.41) is 0. The minimum atomic E-state index is -0.191. The van der Waals surface area contributed by atoms with Crippen molar-refractivity contribution in [2.75, 3.05) is 14.1 Å². The molecule has 0 aromatic heterocycles. The van der Waals surface area contributed by atoms with Gasteiger partial charge in [-0.05, 0) is 66.9 Å². The van der Waals surface area contributed by atoms with Gasteiger partial charge >= 0.3 is 0 Å². The number of rotatable bonds is 3. The van der Waals surface area contributed by atoms with Gasteiger partial charge < -0.3 is 4.90 Å². The number of halogens is 1. The van der Waals surface area contributed by atoms with Crippen LogP contribution in [0.5, 0.6) is 0 Å². The van der Waals surface area contributed by atoms with Crippen molar-refractivity contribution < 1.29 is 4.39 Å². The smallest absolute Gasteiger partial charge is 0.123 e. The minimum absolute atomic E-state index is 0.191. The summed E-state index contributed by atoms with van der Waals surface area (Å²) in [4.78, 5) is 2.33. The number of benzene rings is 3. The summed E-state index contributed by atoms with van der Waals surface area (Å²) >= 11 is 0. The van der Waals surface area contributed by atoms with Gasteiger partial charge in [0.15, 0.2) is 0 Å². The van der Waals surface area contributed by atoms with Crippen LogP contribution in [0.2, 0.25) is 0 Å². The van der Waals surface area contributed by atoms with Crippen molar-refractivity contribution in [1.82, 2.24) is 4.90 Å². The Morgan fingerprint density at radius 2 is 1.58 bits per heavy atom. The molecule has 4 rings (SSSR count). The molecule has 0 unspecified atom stereocenters. The molecule has 1 nitrogen and oxygen atoms in total. The Hall–Kier alpha value is -2.45. The molecular formula is C24H24FN. The molecule has 1 aliphatic rings. The highest BCUT2D eigenvalue weighted by molar-refractivity contribution is 5.64. The molecule has 3 aromatic carbocycles. The van der Waals surface area contributed by atoms with E-state index in [0.29, 0.717) is 12.0 Å². The van der Waals surface area contributed by atoms with E-state index in [1.165, 1.54) is 22.8 Å². The van der Waals surface area contributed by atoms with Crippen LogP contribution in [0.1, 0.15) is 29.0 Å². The van der Waals surface area contributed by atoms with Crippen LogP contribution in [-0.4, -0.2) is 25.0 Å². The van der Waals surface area contributed by atoms with Crippen molar-refractivity contribution in [2.24, 2.45) is 0 Å². The normalized spacial score (nSPS) is 19.4. The minimum Gasteiger partial charge on any atom is -0.306 e. The van der Waals surface area contributed by atoms with Crippen LogP contribution in [0.3, 0.4) is 0 Å². The van der Waals surface area contributed by atoms with E-state index < -0.39 is 0 Å². The number of likely N-dealkylation sites (N-methyl/N-ethyl adjacent to an activating group) is 1. The summed E-state index contributed by atoms with van der Waals surface area (Å²) in [6.45, 7) is 0. The van der Waals surface area contributed by atoms with E-state index in [9.17, 15) is 4.39 Å². The van der Waals surface area contributed by atoms with E-state index in [4.69, 9.17) is 0 Å². The lowest BCUT2D eigenvalue weighted by atomic mass is 9.76. The zero-order chi connectivity index (χ0) is 18.1. The lowest BCUT2D eigenvalue weighted by molar-refractivity contribution is 0.258. The summed E-state index contributed by atoms with van der Waals surface area (Å²) in [5.41, 5.74) is 6.19. The van der Waals surface area contributed by atoms with Crippen LogP contribution in [0.4, 0.5) is 4.39 Å². The molecule has 3 aromatic rings. The van der Waals surface area contributed by atoms with Crippen LogP contribution in [0, 0.1) is 5.82 Å². The average Bonchev–Trinajstić information content (AvgIpc) is 2.67. The van der Waals surface area contributed by atoms with E-state index in [1.807, 2.05) is 6.07 Å². The highest BCUT2D eigenvalue weighted by Crippen LogP contribution is 2.39. The quantitative estimate of drug-likeness (QED) is 0.606. The molecule has 0 fully saturated rings. The predicted molar refractivity (Wildman–Crippen MR) is 106 cm³/mol. The standard InChI is InChI=1S/C24H24FN/c1-26(2)22-15-20-7-3-4-12-23(20)24(16-22)19-10-5-8-17(13-19)18-9-6-11-21(25)14-18/h3-14,22,24H,15-16H2,1-2H3/t22-,24+/m0/s1. The molecule has 0 saturated carbocycles. The van der Waals surface area contributed by atoms with Crippen molar-refractivity contribution in [1.29, 1.82) is 0 Å². The molecular weight excluding hydrogens is 321 g/mol. The highest BCUT2D eigenvalue weighted by Gasteiger charge is 2.29. The molecule has 0 heterocycles. The second-order valence-corrected chi connectivity index (χ2v) is 7.44. The maximum absolute atomic E-state index is 13.6. The molecule has 0 N–H and O–H groups in total. The molecule has 0 radical (unpaired) electrons. The van der Waals surface area contributed by atoms with Gasteiger partial charge in [0, 0.05) is 12.0 Å². The van der Waals surface area contributed by atoms with Gasteiger partial charge in [0.2, 0.25) is 0 Å². The van der Waals surface area contributed by atoms with Gasteiger partial charge in [0.25, 0.3) is 0 Å². The van der Waals surface area contributed by atoms with Crippen molar-refractivity contribution in [3.63, 3.8) is 0 Å². The molecule has 0 saturated heterocycles. The average molecular weight is 345 g/mol. The highest BCUT2D eigenvalue weighted by atomic mass is 19.1. The molecule has 2 heteroatoms. The Kier molecular flexibility index (Phi) is 4.60. The fraction of sp³-hybridized carbons (Fsp3) is 0.250. The van der Waals surface area contributed by atoms with Gasteiger partial charge in [-0.1, -0.05) is 60.7 Å². The predicted octanol–water partition coefficient (Wildman–Crippen LogP) is 5.50. The number of fused-ring (bicyclic) bond motifs is 1. The zero-order valence-electron chi connectivity index (χ0n) is 15.3. The fourth-order valence-corrected chi connectivity index (χ4v) is 4.11. The lowest BCUT2D eigenvalue weighted by Gasteiger charge is -2.35. The summed E-state index contributed by atoms with van der Waals surface area (Å²) in [5.74, 6) is 0.185. The van der Waals surface area contributed by atoms with Crippen LogP contribution in [0.15, 0.2) is 72.8 Å². The van der Waals surface area contributed by atoms with Crippen molar-refractivity contribution in [3.8, 4) is 11.1 Å². The van der Waals surface area contributed by atoms with Gasteiger partial charge in [-0.25, -0.2) is 4.39 Å². The Balaban J connectivity index is 1.76. The summed E-state index contributed by atoms with van der Waals surface area (Å²) < 4.78 is 13.6. The number of hydrogen-bond acceptors (Lipinski definition) is 1. The van der Waals surface area contributed by atoms with Gasteiger partial charge in [0.1, 0.15) is 5.82 Å². The topological polar surface area (TPSA) is 3.24 Å². The summed E-state index contributed by atoms with van der Waals surface area (Å²) in [7, 11) is 4.33. The van der Waals surface area contributed by atoms with E-state index in [0.717, 1.165) is 24.0 Å². The van der Waals surface area contributed by atoms with E-state index >= 15 is 0 Å². The monoisotopic (exact) mass is 345 g/mol. The van der Waals surface area contributed by atoms with Crippen LogP contribution < -0.4 is 0 Å². The third kappa shape index (κ3) is 3.30. The first-order valence-electron chi connectivity index (χ1n) is 9.22. The largest absolute Gasteiger partial charge is 0.306 e. The van der Waals surface area contributed by atoms with Crippen LogP contribution >= 0.6 is 0 Å². The first-order chi connectivity index (χ1) is 12.6. The SMILES string of the molecule is CN(C)[C@H]1Cc2ccccc2[C@@H](c2cccc(-c3cccc(F)c3)c2)C1. The van der Waals surface area contributed by atoms with Crippen LogP contribution in [0.25, 0.3) is 11.1 Å². The van der Waals surface area contributed by atoms with Crippen molar-refractivity contribution >= 4 is 0 Å². The fourth-order valence-electron chi connectivity index (χ4n) is 4.11. The van der Waals surface area contributed by atoms with Crippen molar-refractivity contribution in [3.05, 3.63) is 95.3 Å². The Morgan fingerprint density at radius 1 is 0.846 bits per heavy atom. The van der Waals surface area contributed by atoms with E-state index in [-0.39, 0.29) is 5.82 Å². The Morgan fingerprint density at radius 3 is 2.35 bits per heavy atom. The Labute approximate surface area is 155 Å². The summed E-state index contributed by atoms with van der Waals surface area (Å²) in [6, 6.07) is 24.8. The zero-order valence-corrected chi connectivity index (χ0v) is 15.3. The lowest BCUT2D eigenvalue weighted by Crippen LogP contribution is -2.35. The maximum atomic E-state index is 13.6. The van der Waals surface area contributed by atoms with Gasteiger partial charge in [0.05, 0.1) is 0 Å². The first-order valence-corrected chi connectivity index (χ1v) is 9.22. The molecule has 26 heavy (non-hydrogen) atoms. The van der Waals surface area contributed by atoms with Gasteiger partial charge in [-0.3, -0.25) is 0 Å². The second kappa shape index (κ2) is 7.05. The first kappa shape index (κ1) is 17.0. The van der Waals surface area contributed by atoms with E-state index in [2.05, 4.69) is 67.5 Å². The molecule has 0 amide bonds.